The molecule has 0 radical (unpaired) electrons. The third-order valence-corrected chi connectivity index (χ3v) is 5.85. The molecule has 0 heterocycles. The minimum atomic E-state index is -0.471. The van der Waals surface area contributed by atoms with Crippen molar-refractivity contribution in [2.45, 2.75) is 104 Å². The van der Waals surface area contributed by atoms with Crippen molar-refractivity contribution in [2.24, 2.45) is 15.0 Å². The molecule has 0 saturated carbocycles. The molecule has 0 amide bonds. The molecule has 1 aromatic rings. The minimum Gasteiger partial charge on any atom is -0.464 e. The van der Waals surface area contributed by atoms with Gasteiger partial charge in [-0.2, -0.15) is 9.98 Å². The number of unbranched alkanes of at least 4 members (excludes halogenated alkanes) is 10. The Morgan fingerprint density at radius 1 is 0.789 bits per heavy atom. The van der Waals surface area contributed by atoms with E-state index < -0.39 is 5.97 Å². The number of aliphatic imine (C=N–C) groups is 3. The van der Waals surface area contributed by atoms with Crippen molar-refractivity contribution in [1.82, 2.24) is 0 Å². The first-order valence-electron chi connectivity index (χ1n) is 13.5. The van der Waals surface area contributed by atoms with E-state index in [1.54, 1.807) is 12.2 Å². The molecule has 9 heteroatoms. The molecule has 8 nitrogen and oxygen atoms in total. The topological polar surface area (TPSA) is 115 Å². The number of nitrogens with zero attached hydrogens (tertiary/aromatic N) is 3. The standard InChI is InChI=1S/C13H25NO.C9H8BrNO.C7H11NO3/c1-2-3-4-5-6-7-8-9-10-11-12-14-13-15;1-7(11-6-12)8-2-4-9(10)5-3-8;1-2-3-4-11-7(10)5-8-6-9/h2-12H2,1H3;2-5,7H,1H3;2-5H2,1H3. The maximum Gasteiger partial charge on any atom is 0.328 e. The van der Waals surface area contributed by atoms with E-state index in [0.29, 0.717) is 13.2 Å². The van der Waals surface area contributed by atoms with Crippen LogP contribution in [0.5, 0.6) is 0 Å². The summed E-state index contributed by atoms with van der Waals surface area (Å²) in [6, 6.07) is 7.60. The molecule has 0 saturated heterocycles. The summed E-state index contributed by atoms with van der Waals surface area (Å²) >= 11 is 3.33. The van der Waals surface area contributed by atoms with Gasteiger partial charge in [0.1, 0.15) is 6.54 Å². The first kappa shape index (κ1) is 37.5. The average Bonchev–Trinajstić information content (AvgIpc) is 2.92. The highest BCUT2D eigenvalue weighted by atomic mass is 79.9. The van der Waals surface area contributed by atoms with Gasteiger partial charge >= 0.3 is 5.97 Å². The molecule has 0 N–H and O–H groups in total. The Balaban J connectivity index is 0. The van der Waals surface area contributed by atoms with E-state index in [-0.39, 0.29) is 12.6 Å². The van der Waals surface area contributed by atoms with Crippen LogP contribution in [0.15, 0.2) is 43.7 Å². The Labute approximate surface area is 236 Å². The van der Waals surface area contributed by atoms with Crippen molar-refractivity contribution in [3.63, 3.8) is 0 Å². The van der Waals surface area contributed by atoms with E-state index in [4.69, 9.17) is 0 Å². The zero-order chi connectivity index (χ0) is 28.7. The molecular formula is C29H44BrN3O5. The van der Waals surface area contributed by atoms with Crippen molar-refractivity contribution in [2.75, 3.05) is 19.7 Å². The maximum absolute atomic E-state index is 10.6. The predicted molar refractivity (Wildman–Crippen MR) is 154 cm³/mol. The molecule has 0 aliphatic heterocycles. The monoisotopic (exact) mass is 593 g/mol. The molecule has 212 valence electrons. The number of halogens is 1. The van der Waals surface area contributed by atoms with Gasteiger partial charge in [0, 0.05) is 4.47 Å². The second kappa shape index (κ2) is 30.5. The smallest absolute Gasteiger partial charge is 0.328 e. The summed E-state index contributed by atoms with van der Waals surface area (Å²) in [4.78, 5) is 50.1. The van der Waals surface area contributed by atoms with Crippen LogP contribution < -0.4 is 0 Å². The summed E-state index contributed by atoms with van der Waals surface area (Å²) in [5, 5.41) is 0. The summed E-state index contributed by atoms with van der Waals surface area (Å²) in [6.45, 7) is 6.96. The number of benzene rings is 1. The Morgan fingerprint density at radius 2 is 1.32 bits per heavy atom. The third kappa shape index (κ3) is 27.9. The molecule has 1 unspecified atom stereocenters. The number of rotatable bonds is 18. The Kier molecular flexibility index (Phi) is 30.1. The zero-order valence-electron chi connectivity index (χ0n) is 23.3. The Bertz CT molecular complexity index is 844. The van der Waals surface area contributed by atoms with Gasteiger partial charge < -0.3 is 4.74 Å². The lowest BCUT2D eigenvalue weighted by molar-refractivity contribution is -0.141. The molecule has 0 aromatic heterocycles. The lowest BCUT2D eigenvalue weighted by Crippen LogP contribution is -2.08. The minimum absolute atomic E-state index is 0.101. The quantitative estimate of drug-likeness (QED) is 0.0746. The van der Waals surface area contributed by atoms with Crippen LogP contribution in [0.2, 0.25) is 0 Å². The molecule has 1 atom stereocenters. The maximum atomic E-state index is 10.6. The van der Waals surface area contributed by atoms with E-state index in [9.17, 15) is 19.2 Å². The van der Waals surface area contributed by atoms with Gasteiger partial charge in [0.25, 0.3) is 0 Å². The van der Waals surface area contributed by atoms with Crippen molar-refractivity contribution in [3.8, 4) is 0 Å². The van der Waals surface area contributed by atoms with Gasteiger partial charge in [0.15, 0.2) is 0 Å². The van der Waals surface area contributed by atoms with Crippen molar-refractivity contribution >= 4 is 40.1 Å². The fraction of sp³-hybridized carbons (Fsp3) is 0.655. The van der Waals surface area contributed by atoms with Crippen molar-refractivity contribution in [3.05, 3.63) is 34.3 Å². The van der Waals surface area contributed by atoms with Gasteiger partial charge in [-0.15, -0.1) is 0 Å². The highest BCUT2D eigenvalue weighted by Crippen LogP contribution is 2.18. The second-order valence-corrected chi connectivity index (χ2v) is 9.50. The van der Waals surface area contributed by atoms with Crippen molar-refractivity contribution in [1.29, 1.82) is 0 Å². The fourth-order valence-electron chi connectivity index (χ4n) is 3.09. The van der Waals surface area contributed by atoms with E-state index in [1.165, 1.54) is 63.9 Å². The van der Waals surface area contributed by atoms with E-state index in [0.717, 1.165) is 29.3 Å². The second-order valence-electron chi connectivity index (χ2n) is 8.58. The molecule has 0 aliphatic carbocycles. The van der Waals surface area contributed by atoms with Gasteiger partial charge in [-0.05, 0) is 37.5 Å². The highest BCUT2D eigenvalue weighted by molar-refractivity contribution is 9.10. The lowest BCUT2D eigenvalue weighted by Gasteiger charge is -2.02. The number of hydrogen-bond donors (Lipinski definition) is 0. The Hall–Kier alpha value is -2.69. The molecule has 0 aliphatic rings. The van der Waals surface area contributed by atoms with E-state index in [1.807, 2.05) is 38.1 Å². The molecule has 1 aromatic carbocycles. The summed E-state index contributed by atoms with van der Waals surface area (Å²) < 4.78 is 5.69. The van der Waals surface area contributed by atoms with Crippen LogP contribution in [-0.4, -0.2) is 43.9 Å². The van der Waals surface area contributed by atoms with Crippen LogP contribution in [0, 0.1) is 0 Å². The summed E-state index contributed by atoms with van der Waals surface area (Å²) in [5.74, 6) is -0.471. The number of ether oxygens (including phenoxy) is 1. The fourth-order valence-corrected chi connectivity index (χ4v) is 3.36. The molecule has 0 spiro atoms. The SMILES string of the molecule is CC(N=C=O)c1ccc(Br)cc1.CCCCCCCCCCCCN=C=O.CCCCOC(=O)CN=C=O. The molecule has 0 bridgehead atoms. The summed E-state index contributed by atoms with van der Waals surface area (Å²) in [6.07, 6.45) is 19.4. The van der Waals surface area contributed by atoms with E-state index in [2.05, 4.69) is 42.6 Å². The predicted octanol–water partition coefficient (Wildman–Crippen LogP) is 7.75. The molecule has 38 heavy (non-hydrogen) atoms. The zero-order valence-corrected chi connectivity index (χ0v) is 24.8. The van der Waals surface area contributed by atoms with Crippen LogP contribution in [0.4, 0.5) is 0 Å². The lowest BCUT2D eigenvalue weighted by atomic mass is 10.1. The van der Waals surface area contributed by atoms with Gasteiger partial charge in [0.05, 0.1) is 19.2 Å². The van der Waals surface area contributed by atoms with Crippen LogP contribution in [-0.2, 0) is 23.9 Å². The van der Waals surface area contributed by atoms with Crippen LogP contribution in [0.3, 0.4) is 0 Å². The number of carbonyl (C=O) groups is 1. The highest BCUT2D eigenvalue weighted by Gasteiger charge is 2.01. The normalized spacial score (nSPS) is 10.1. The summed E-state index contributed by atoms with van der Waals surface area (Å²) in [7, 11) is 0. The van der Waals surface area contributed by atoms with Crippen LogP contribution in [0.1, 0.15) is 109 Å². The Morgan fingerprint density at radius 3 is 1.82 bits per heavy atom. The number of hydrogen-bond acceptors (Lipinski definition) is 8. The van der Waals surface area contributed by atoms with Gasteiger partial charge in [-0.3, -0.25) is 4.79 Å². The van der Waals surface area contributed by atoms with Crippen molar-refractivity contribution < 1.29 is 23.9 Å². The van der Waals surface area contributed by atoms with Gasteiger partial charge in [-0.25, -0.2) is 19.4 Å². The van der Waals surface area contributed by atoms with Gasteiger partial charge in [0.2, 0.25) is 18.2 Å². The van der Waals surface area contributed by atoms with E-state index >= 15 is 0 Å². The number of carbonyl (C=O) groups excluding carboxylic acids is 4. The van der Waals surface area contributed by atoms with Crippen LogP contribution >= 0.6 is 15.9 Å². The molecule has 0 fully saturated rings. The molecule has 1 rings (SSSR count). The molecular weight excluding hydrogens is 550 g/mol. The third-order valence-electron chi connectivity index (χ3n) is 5.32. The first-order chi connectivity index (χ1) is 18.5. The number of esters is 1. The number of isocyanates is 3. The average molecular weight is 595 g/mol. The van der Waals surface area contributed by atoms with Crippen LogP contribution in [0.25, 0.3) is 0 Å². The first-order valence-corrected chi connectivity index (χ1v) is 14.3. The van der Waals surface area contributed by atoms with Gasteiger partial charge in [-0.1, -0.05) is 106 Å². The largest absolute Gasteiger partial charge is 0.464 e. The summed E-state index contributed by atoms with van der Waals surface area (Å²) in [5.41, 5.74) is 1.02.